The molecule has 0 unspecified atom stereocenters. The number of aromatic nitrogens is 2. The lowest BCUT2D eigenvalue weighted by molar-refractivity contribution is 0.876. The second kappa shape index (κ2) is 6.69. The van der Waals surface area contributed by atoms with Gasteiger partial charge in [-0.2, -0.15) is 0 Å². The highest BCUT2D eigenvalue weighted by molar-refractivity contribution is 9.10. The molecule has 0 fully saturated rings. The fourth-order valence-corrected chi connectivity index (χ4v) is 2.86. The van der Waals surface area contributed by atoms with E-state index in [2.05, 4.69) is 32.8 Å². The van der Waals surface area contributed by atoms with Crippen LogP contribution in [0.2, 0.25) is 10.3 Å². The van der Waals surface area contributed by atoms with Gasteiger partial charge >= 0.3 is 0 Å². The van der Waals surface area contributed by atoms with Crippen molar-refractivity contribution in [2.75, 3.05) is 0 Å². The molecule has 0 N–H and O–H groups in total. The van der Waals surface area contributed by atoms with Crippen LogP contribution in [-0.2, 0) is 12.8 Å². The van der Waals surface area contributed by atoms with Crippen LogP contribution in [0, 0.1) is 0 Å². The highest BCUT2D eigenvalue weighted by Crippen LogP contribution is 2.25. The molecule has 1 aromatic carbocycles. The van der Waals surface area contributed by atoms with Crippen molar-refractivity contribution < 1.29 is 0 Å². The molecule has 0 radical (unpaired) electrons. The number of rotatable bonds is 4. The fraction of sp³-hybridized carbons (Fsp3) is 0.286. The van der Waals surface area contributed by atoms with E-state index in [1.165, 1.54) is 0 Å². The number of halogens is 3. The van der Waals surface area contributed by atoms with Crippen LogP contribution in [0.25, 0.3) is 0 Å². The molecule has 0 amide bonds. The Morgan fingerprint density at radius 3 is 2.32 bits per heavy atom. The lowest BCUT2D eigenvalue weighted by Gasteiger charge is -2.08. The average Bonchev–Trinajstić information content (AvgIpc) is 2.37. The highest BCUT2D eigenvalue weighted by Gasteiger charge is 2.12. The van der Waals surface area contributed by atoms with Crippen LogP contribution in [0.15, 0.2) is 28.7 Å². The van der Waals surface area contributed by atoms with Gasteiger partial charge in [-0.15, -0.1) is 0 Å². The summed E-state index contributed by atoms with van der Waals surface area (Å²) >= 11 is 15.9. The number of hydrogen-bond donors (Lipinski definition) is 0. The Labute approximate surface area is 131 Å². The molecular weight excluding hydrogens is 347 g/mol. The summed E-state index contributed by atoms with van der Waals surface area (Å²) in [6.45, 7) is 2.07. The Balaban J connectivity index is 2.30. The van der Waals surface area contributed by atoms with E-state index in [1.54, 1.807) is 0 Å². The van der Waals surface area contributed by atoms with Crippen LogP contribution < -0.4 is 0 Å². The van der Waals surface area contributed by atoms with Gasteiger partial charge in [-0.25, -0.2) is 9.97 Å². The quantitative estimate of drug-likeness (QED) is 0.710. The molecule has 0 aliphatic heterocycles. The van der Waals surface area contributed by atoms with E-state index in [4.69, 9.17) is 23.2 Å². The van der Waals surface area contributed by atoms with E-state index in [0.29, 0.717) is 22.6 Å². The Bertz CT molecular complexity index is 564. The third-order valence-corrected chi connectivity index (χ3v) is 4.16. The lowest BCUT2D eigenvalue weighted by atomic mass is 10.1. The summed E-state index contributed by atoms with van der Waals surface area (Å²) in [5, 5.41) is 0.924. The molecule has 0 aliphatic rings. The number of hydrogen-bond acceptors (Lipinski definition) is 2. The molecule has 19 heavy (non-hydrogen) atoms. The van der Waals surface area contributed by atoms with E-state index in [1.807, 2.05) is 24.3 Å². The van der Waals surface area contributed by atoms with Crippen molar-refractivity contribution in [1.82, 2.24) is 9.97 Å². The first-order chi connectivity index (χ1) is 9.11. The molecule has 5 heteroatoms. The molecule has 1 aromatic heterocycles. The van der Waals surface area contributed by atoms with Gasteiger partial charge in [0, 0.05) is 16.5 Å². The monoisotopic (exact) mass is 358 g/mol. The molecule has 0 atom stereocenters. The molecule has 0 bridgehead atoms. The first-order valence-corrected chi connectivity index (χ1v) is 7.61. The third-order valence-electron chi connectivity index (χ3n) is 2.76. The zero-order valence-corrected chi connectivity index (χ0v) is 13.6. The number of nitrogens with zero attached hydrogens (tertiary/aromatic N) is 2. The smallest absolute Gasteiger partial charge is 0.137 e. The molecule has 100 valence electrons. The zero-order chi connectivity index (χ0) is 13.8. The van der Waals surface area contributed by atoms with Crippen molar-refractivity contribution in [3.05, 3.63) is 56.0 Å². The normalized spacial score (nSPS) is 10.7. The molecule has 2 aromatic rings. The van der Waals surface area contributed by atoms with Gasteiger partial charge < -0.3 is 0 Å². The summed E-state index contributed by atoms with van der Waals surface area (Å²) in [7, 11) is 0. The summed E-state index contributed by atoms with van der Waals surface area (Å²) in [6.07, 6.45) is 2.37. The summed E-state index contributed by atoms with van der Waals surface area (Å²) in [6, 6.07) is 7.96. The fourth-order valence-electron chi connectivity index (χ4n) is 1.82. The van der Waals surface area contributed by atoms with E-state index in [0.717, 1.165) is 28.4 Å². The van der Waals surface area contributed by atoms with Gasteiger partial charge in [0.2, 0.25) is 0 Å². The first-order valence-electron chi connectivity index (χ1n) is 6.06. The van der Waals surface area contributed by atoms with Crippen molar-refractivity contribution in [3.8, 4) is 0 Å². The highest BCUT2D eigenvalue weighted by atomic mass is 79.9. The Morgan fingerprint density at radius 2 is 1.74 bits per heavy atom. The Hall–Kier alpha value is -0.640. The van der Waals surface area contributed by atoms with Crippen LogP contribution in [0.4, 0.5) is 0 Å². The molecule has 1 heterocycles. The van der Waals surface area contributed by atoms with Crippen LogP contribution in [0.5, 0.6) is 0 Å². The van der Waals surface area contributed by atoms with Gasteiger partial charge in [-0.05, 0) is 18.1 Å². The van der Waals surface area contributed by atoms with Crippen molar-refractivity contribution in [2.24, 2.45) is 0 Å². The van der Waals surface area contributed by atoms with Crippen LogP contribution >= 0.6 is 39.1 Å². The Morgan fingerprint density at radius 1 is 1.11 bits per heavy atom. The molecule has 0 aliphatic carbocycles. The van der Waals surface area contributed by atoms with Crippen molar-refractivity contribution >= 4 is 39.1 Å². The van der Waals surface area contributed by atoms with Crippen molar-refractivity contribution in [1.29, 1.82) is 0 Å². The Kier molecular flexibility index (Phi) is 5.20. The van der Waals surface area contributed by atoms with Crippen LogP contribution in [0.1, 0.15) is 30.3 Å². The number of benzene rings is 1. The maximum atomic E-state index is 6.17. The first kappa shape index (κ1) is 14.8. The SMILES string of the molecule is CCCc1c(Cl)nc(Cc2ccccc2Br)nc1Cl. The van der Waals surface area contributed by atoms with Gasteiger partial charge in [0.1, 0.15) is 16.1 Å². The van der Waals surface area contributed by atoms with Gasteiger partial charge in [-0.1, -0.05) is 70.7 Å². The topological polar surface area (TPSA) is 25.8 Å². The van der Waals surface area contributed by atoms with Gasteiger partial charge in [0.15, 0.2) is 0 Å². The maximum Gasteiger partial charge on any atom is 0.137 e. The van der Waals surface area contributed by atoms with E-state index >= 15 is 0 Å². The average molecular weight is 360 g/mol. The summed E-state index contributed by atoms with van der Waals surface area (Å²) < 4.78 is 1.03. The van der Waals surface area contributed by atoms with Gasteiger partial charge in [-0.3, -0.25) is 0 Å². The van der Waals surface area contributed by atoms with Gasteiger partial charge in [0.05, 0.1) is 0 Å². The minimum Gasteiger partial charge on any atom is -0.220 e. The standard InChI is InChI=1S/C14H13BrCl2N2/c1-2-5-10-13(16)18-12(19-14(10)17)8-9-6-3-4-7-11(9)15/h3-4,6-7H,2,5,8H2,1H3. The minimum absolute atomic E-state index is 0.462. The minimum atomic E-state index is 0.462. The zero-order valence-electron chi connectivity index (χ0n) is 10.5. The maximum absolute atomic E-state index is 6.17. The largest absolute Gasteiger partial charge is 0.220 e. The molecule has 0 saturated heterocycles. The second-order valence-corrected chi connectivity index (χ2v) is 5.79. The molecule has 2 nitrogen and oxygen atoms in total. The van der Waals surface area contributed by atoms with Crippen molar-refractivity contribution in [3.63, 3.8) is 0 Å². The molecule has 0 saturated carbocycles. The molecule has 2 rings (SSSR count). The predicted octanol–water partition coefficient (Wildman–Crippen LogP) is 5.09. The van der Waals surface area contributed by atoms with Gasteiger partial charge in [0.25, 0.3) is 0 Å². The predicted molar refractivity (Wildman–Crippen MR) is 83.0 cm³/mol. The van der Waals surface area contributed by atoms with E-state index in [9.17, 15) is 0 Å². The summed E-state index contributed by atoms with van der Waals surface area (Å²) in [5.74, 6) is 0.641. The lowest BCUT2D eigenvalue weighted by Crippen LogP contribution is -2.02. The van der Waals surface area contributed by atoms with Crippen LogP contribution in [0.3, 0.4) is 0 Å². The molecule has 0 spiro atoms. The summed E-state index contributed by atoms with van der Waals surface area (Å²) in [5.41, 5.74) is 1.94. The van der Waals surface area contributed by atoms with Crippen molar-refractivity contribution in [2.45, 2.75) is 26.2 Å². The van der Waals surface area contributed by atoms with E-state index < -0.39 is 0 Å². The molecular formula is C14H13BrCl2N2. The van der Waals surface area contributed by atoms with E-state index in [-0.39, 0.29) is 0 Å². The third kappa shape index (κ3) is 3.68. The summed E-state index contributed by atoms with van der Waals surface area (Å²) in [4.78, 5) is 8.68. The van der Waals surface area contributed by atoms with Crippen LogP contribution in [-0.4, -0.2) is 9.97 Å². The second-order valence-electron chi connectivity index (χ2n) is 4.22.